The van der Waals surface area contributed by atoms with Gasteiger partial charge in [-0.25, -0.2) is 9.78 Å². The third-order valence-corrected chi connectivity index (χ3v) is 6.31. The second kappa shape index (κ2) is 8.62. The van der Waals surface area contributed by atoms with Gasteiger partial charge in [0.15, 0.2) is 0 Å². The van der Waals surface area contributed by atoms with E-state index in [2.05, 4.69) is 39.9 Å². The van der Waals surface area contributed by atoms with Crippen molar-refractivity contribution in [3.8, 4) is 11.1 Å². The maximum Gasteiger partial charge on any atom is 0.411 e. The molecule has 2 aliphatic carbocycles. The third kappa shape index (κ3) is 4.34. The number of carboxylic acids is 1. The molecule has 1 saturated carbocycles. The second-order valence-corrected chi connectivity index (χ2v) is 8.69. The van der Waals surface area contributed by atoms with Crippen LogP contribution < -0.4 is 10.6 Å². The summed E-state index contributed by atoms with van der Waals surface area (Å²) in [5, 5.41) is 14.4. The molecular weight excluding hydrogens is 434 g/mol. The van der Waals surface area contributed by atoms with E-state index >= 15 is 0 Å². The first-order valence-electron chi connectivity index (χ1n) is 11.1. The van der Waals surface area contributed by atoms with Crippen molar-refractivity contribution >= 4 is 23.7 Å². The lowest BCUT2D eigenvalue weighted by molar-refractivity contribution is -0.137. The summed E-state index contributed by atoms with van der Waals surface area (Å²) in [6, 6.07) is 19.2. The first-order chi connectivity index (χ1) is 16.4. The van der Waals surface area contributed by atoms with E-state index in [9.17, 15) is 14.4 Å². The monoisotopic (exact) mass is 457 g/mol. The van der Waals surface area contributed by atoms with Crippen molar-refractivity contribution in [3.63, 3.8) is 0 Å². The summed E-state index contributed by atoms with van der Waals surface area (Å²) in [5.74, 6) is -1.43. The zero-order valence-electron chi connectivity index (χ0n) is 18.3. The number of aliphatic carboxylic acids is 1. The van der Waals surface area contributed by atoms with Crippen molar-refractivity contribution < 1.29 is 24.2 Å². The Morgan fingerprint density at radius 1 is 0.971 bits per heavy atom. The average Bonchev–Trinajstić information content (AvgIpc) is 3.49. The lowest BCUT2D eigenvalue weighted by Gasteiger charge is -2.15. The van der Waals surface area contributed by atoms with Gasteiger partial charge in [-0.1, -0.05) is 48.5 Å². The summed E-state index contributed by atoms with van der Waals surface area (Å²) in [4.78, 5) is 39.9. The first-order valence-corrected chi connectivity index (χ1v) is 11.1. The Balaban J connectivity index is 1.18. The molecule has 8 nitrogen and oxygen atoms in total. The fraction of sp³-hybridized carbons (Fsp3) is 0.231. The number of fused-ring (bicyclic) bond motifs is 3. The standard InChI is InChI=1S/C26H23N3O5/c30-23(31)13-26(11-12-26)29-24(32)22-10-9-16(14-27-22)28-25(33)34-15-21-19-7-3-1-5-17(19)18-6-2-4-8-20(18)21/h1-10,14,21H,11-13,15H2,(H,28,33)(H,29,32)(H,30,31). The highest BCUT2D eigenvalue weighted by molar-refractivity contribution is 5.94. The largest absolute Gasteiger partial charge is 0.481 e. The van der Waals surface area contributed by atoms with Crippen LogP contribution in [0.2, 0.25) is 0 Å². The molecular formula is C26H23N3O5. The van der Waals surface area contributed by atoms with Gasteiger partial charge >= 0.3 is 12.1 Å². The van der Waals surface area contributed by atoms with E-state index in [-0.39, 0.29) is 24.6 Å². The molecule has 2 aromatic carbocycles. The highest BCUT2D eigenvalue weighted by Gasteiger charge is 2.46. The normalized spacial score (nSPS) is 15.1. The Kier molecular flexibility index (Phi) is 5.49. The molecule has 0 atom stereocenters. The maximum absolute atomic E-state index is 12.4. The Bertz CT molecular complexity index is 1220. The van der Waals surface area contributed by atoms with Crippen LogP contribution in [0.1, 0.15) is 46.8 Å². The summed E-state index contributed by atoms with van der Waals surface area (Å²) >= 11 is 0. The molecule has 3 aromatic rings. The summed E-state index contributed by atoms with van der Waals surface area (Å²) in [6.45, 7) is 0.194. The smallest absolute Gasteiger partial charge is 0.411 e. The number of rotatable bonds is 7. The van der Waals surface area contributed by atoms with E-state index < -0.39 is 23.5 Å². The third-order valence-electron chi connectivity index (χ3n) is 6.31. The highest BCUT2D eigenvalue weighted by Crippen LogP contribution is 2.44. The van der Waals surface area contributed by atoms with Crippen LogP contribution in [0.25, 0.3) is 11.1 Å². The van der Waals surface area contributed by atoms with Crippen molar-refractivity contribution in [3.05, 3.63) is 83.7 Å². The van der Waals surface area contributed by atoms with Crippen molar-refractivity contribution in [1.29, 1.82) is 0 Å². The van der Waals surface area contributed by atoms with E-state index in [0.29, 0.717) is 18.5 Å². The number of hydrogen-bond acceptors (Lipinski definition) is 5. The van der Waals surface area contributed by atoms with Gasteiger partial charge in [-0.15, -0.1) is 0 Å². The van der Waals surface area contributed by atoms with Crippen molar-refractivity contribution in [2.75, 3.05) is 11.9 Å². The molecule has 1 aromatic heterocycles. The number of carbonyl (C=O) groups excluding carboxylic acids is 2. The van der Waals surface area contributed by atoms with Gasteiger partial charge in [0.05, 0.1) is 23.8 Å². The van der Waals surface area contributed by atoms with E-state index in [4.69, 9.17) is 9.84 Å². The fourth-order valence-corrected chi connectivity index (χ4v) is 4.45. The number of aromatic nitrogens is 1. The van der Waals surface area contributed by atoms with Gasteiger partial charge in [0.1, 0.15) is 12.3 Å². The molecule has 0 saturated heterocycles. The number of nitrogens with one attached hydrogen (secondary N) is 2. The number of benzene rings is 2. The van der Waals surface area contributed by atoms with Crippen molar-refractivity contribution in [2.24, 2.45) is 0 Å². The predicted molar refractivity (Wildman–Crippen MR) is 125 cm³/mol. The molecule has 3 N–H and O–H groups in total. The summed E-state index contributed by atoms with van der Waals surface area (Å²) in [7, 11) is 0. The topological polar surface area (TPSA) is 118 Å². The Labute approximate surface area is 196 Å². The maximum atomic E-state index is 12.4. The van der Waals surface area contributed by atoms with Gasteiger partial charge in [0.2, 0.25) is 0 Å². The van der Waals surface area contributed by atoms with Gasteiger partial charge in [-0.3, -0.25) is 14.9 Å². The fourth-order valence-electron chi connectivity index (χ4n) is 4.45. The lowest BCUT2D eigenvalue weighted by atomic mass is 9.98. The van der Waals surface area contributed by atoms with E-state index in [1.54, 1.807) is 6.07 Å². The van der Waals surface area contributed by atoms with Crippen LogP contribution in [0.4, 0.5) is 10.5 Å². The van der Waals surface area contributed by atoms with Gasteiger partial charge in [0.25, 0.3) is 5.91 Å². The Morgan fingerprint density at radius 2 is 1.62 bits per heavy atom. The van der Waals surface area contributed by atoms with E-state index in [1.165, 1.54) is 12.3 Å². The predicted octanol–water partition coefficient (Wildman–Crippen LogP) is 4.18. The number of hydrogen-bond donors (Lipinski definition) is 3. The Hall–Kier alpha value is -4.20. The van der Waals surface area contributed by atoms with E-state index in [1.807, 2.05) is 24.3 Å². The SMILES string of the molecule is O=C(O)CC1(NC(=O)c2ccc(NC(=O)OCC3c4ccccc4-c4ccccc43)cn2)CC1. The van der Waals surface area contributed by atoms with Gasteiger partial charge < -0.3 is 15.2 Å². The van der Waals surface area contributed by atoms with Crippen LogP contribution in [-0.2, 0) is 9.53 Å². The Morgan fingerprint density at radius 3 is 2.18 bits per heavy atom. The molecule has 5 rings (SSSR count). The molecule has 2 amide bonds. The van der Waals surface area contributed by atoms with E-state index in [0.717, 1.165) is 22.3 Å². The van der Waals surface area contributed by atoms with Crippen LogP contribution in [-0.4, -0.2) is 40.2 Å². The van der Waals surface area contributed by atoms with Crippen molar-refractivity contribution in [1.82, 2.24) is 10.3 Å². The highest BCUT2D eigenvalue weighted by atomic mass is 16.5. The minimum atomic E-state index is -0.951. The first kappa shape index (κ1) is 21.6. The summed E-state index contributed by atoms with van der Waals surface area (Å²) < 4.78 is 5.52. The quantitative estimate of drug-likeness (QED) is 0.490. The molecule has 0 radical (unpaired) electrons. The molecule has 2 aliphatic rings. The number of pyridine rings is 1. The molecule has 172 valence electrons. The molecule has 0 aliphatic heterocycles. The van der Waals surface area contributed by atoms with Crippen LogP contribution in [0.5, 0.6) is 0 Å². The molecule has 34 heavy (non-hydrogen) atoms. The van der Waals surface area contributed by atoms with Crippen LogP contribution in [0, 0.1) is 0 Å². The zero-order valence-corrected chi connectivity index (χ0v) is 18.3. The molecule has 1 heterocycles. The van der Waals surface area contributed by atoms with Gasteiger partial charge in [-0.05, 0) is 47.2 Å². The molecule has 0 unspecified atom stereocenters. The number of anilines is 1. The number of ether oxygens (including phenoxy) is 1. The molecule has 0 bridgehead atoms. The molecule has 0 spiro atoms. The second-order valence-electron chi connectivity index (χ2n) is 8.69. The number of carbonyl (C=O) groups is 3. The van der Waals surface area contributed by atoms with Crippen molar-refractivity contribution in [2.45, 2.75) is 30.7 Å². The summed E-state index contributed by atoms with van der Waals surface area (Å²) in [5.41, 5.74) is 4.43. The minimum absolute atomic E-state index is 0.0390. The van der Waals surface area contributed by atoms with Gasteiger partial charge in [-0.2, -0.15) is 0 Å². The van der Waals surface area contributed by atoms with Crippen LogP contribution >= 0.6 is 0 Å². The minimum Gasteiger partial charge on any atom is -0.481 e. The lowest BCUT2D eigenvalue weighted by Crippen LogP contribution is -2.38. The summed E-state index contributed by atoms with van der Waals surface area (Å²) in [6.07, 6.45) is 1.91. The number of carboxylic acid groups (broad SMARTS) is 1. The molecule has 1 fully saturated rings. The molecule has 8 heteroatoms. The number of nitrogens with zero attached hydrogens (tertiary/aromatic N) is 1. The number of amides is 2. The zero-order chi connectivity index (χ0) is 23.7. The van der Waals surface area contributed by atoms with Gasteiger partial charge in [0, 0.05) is 5.92 Å². The van der Waals surface area contributed by atoms with Crippen LogP contribution in [0.3, 0.4) is 0 Å². The average molecular weight is 457 g/mol. The van der Waals surface area contributed by atoms with Crippen LogP contribution in [0.15, 0.2) is 66.9 Å².